The van der Waals surface area contributed by atoms with Crippen molar-refractivity contribution in [3.63, 3.8) is 0 Å². The van der Waals surface area contributed by atoms with Gasteiger partial charge in [-0.25, -0.2) is 4.98 Å². The predicted molar refractivity (Wildman–Crippen MR) is 94.0 cm³/mol. The van der Waals surface area contributed by atoms with Crippen molar-refractivity contribution in [1.82, 2.24) is 9.38 Å². The van der Waals surface area contributed by atoms with Gasteiger partial charge in [-0.15, -0.1) is 34.5 Å². The Balaban J connectivity index is 1.98. The number of hydrogen-bond acceptors (Lipinski definition) is 2. The molecule has 2 heterocycles. The number of aromatic nitrogens is 2. The van der Waals surface area contributed by atoms with Crippen molar-refractivity contribution in [2.75, 3.05) is 11.8 Å². The van der Waals surface area contributed by atoms with Crippen molar-refractivity contribution in [2.24, 2.45) is 0 Å². The van der Waals surface area contributed by atoms with Gasteiger partial charge in [-0.05, 0) is 17.7 Å². The van der Waals surface area contributed by atoms with Crippen LogP contribution in [0.15, 0.2) is 46.5 Å². The average Bonchev–Trinajstić information content (AvgIpc) is 3.06. The molecule has 0 saturated heterocycles. The minimum atomic E-state index is -0.309. The highest BCUT2D eigenvalue weighted by Crippen LogP contribution is 2.33. The van der Waals surface area contributed by atoms with E-state index in [1.165, 1.54) is 0 Å². The quantitative estimate of drug-likeness (QED) is 0.540. The molecule has 21 heavy (non-hydrogen) atoms. The molecule has 0 bridgehead atoms. The number of alkyl halides is 2. The van der Waals surface area contributed by atoms with Crippen molar-refractivity contribution >= 4 is 55.4 Å². The maximum absolute atomic E-state index is 6.30. The molecule has 2 aromatic heterocycles. The number of benzene rings is 1. The standard InChI is InChI=1S/C15H13BrCl2N2S/c16-12-3-1-2-11(6-12)15(9-17,10-18)7-13-8-20-4-5-21-14(20)19-13/h1-6,8H,7,9-10H2. The number of halogens is 3. The summed E-state index contributed by atoms with van der Waals surface area (Å²) in [4.78, 5) is 5.65. The lowest BCUT2D eigenvalue weighted by Crippen LogP contribution is -2.33. The fraction of sp³-hybridized carbons (Fsp3) is 0.267. The third-order valence-electron chi connectivity index (χ3n) is 3.61. The summed E-state index contributed by atoms with van der Waals surface area (Å²) in [5.74, 6) is 0.913. The van der Waals surface area contributed by atoms with Gasteiger partial charge in [0, 0.05) is 45.8 Å². The Hall–Kier alpha value is -0.550. The van der Waals surface area contributed by atoms with Crippen LogP contribution in [0, 0.1) is 0 Å². The van der Waals surface area contributed by atoms with Crippen LogP contribution in [0.25, 0.3) is 4.96 Å². The summed E-state index contributed by atoms with van der Waals surface area (Å²) < 4.78 is 3.07. The molecule has 3 rings (SSSR count). The van der Waals surface area contributed by atoms with E-state index in [1.807, 2.05) is 28.1 Å². The maximum atomic E-state index is 6.30. The lowest BCUT2D eigenvalue weighted by Gasteiger charge is -2.29. The van der Waals surface area contributed by atoms with E-state index in [2.05, 4.69) is 39.2 Å². The highest BCUT2D eigenvalue weighted by Gasteiger charge is 2.32. The molecule has 6 heteroatoms. The molecule has 0 saturated carbocycles. The third-order valence-corrected chi connectivity index (χ3v) is 5.90. The van der Waals surface area contributed by atoms with E-state index in [0.29, 0.717) is 11.8 Å². The Bertz CT molecular complexity index is 720. The molecule has 0 fully saturated rings. The van der Waals surface area contributed by atoms with E-state index in [0.717, 1.165) is 27.1 Å². The van der Waals surface area contributed by atoms with Gasteiger partial charge in [0.2, 0.25) is 0 Å². The molecule has 0 aliphatic rings. The van der Waals surface area contributed by atoms with Crippen LogP contribution in [-0.4, -0.2) is 21.1 Å². The van der Waals surface area contributed by atoms with E-state index in [9.17, 15) is 0 Å². The van der Waals surface area contributed by atoms with Gasteiger partial charge in [0.05, 0.1) is 5.69 Å². The zero-order valence-corrected chi connectivity index (χ0v) is 15.0. The fourth-order valence-electron chi connectivity index (χ4n) is 2.41. The molecule has 0 amide bonds. The first-order valence-electron chi connectivity index (χ1n) is 6.46. The van der Waals surface area contributed by atoms with Crippen LogP contribution in [0.3, 0.4) is 0 Å². The van der Waals surface area contributed by atoms with Crippen LogP contribution < -0.4 is 0 Å². The highest BCUT2D eigenvalue weighted by atomic mass is 79.9. The summed E-state index contributed by atoms with van der Waals surface area (Å²) in [6.07, 6.45) is 4.79. The van der Waals surface area contributed by atoms with Crippen molar-refractivity contribution in [3.05, 3.63) is 57.8 Å². The monoisotopic (exact) mass is 402 g/mol. The summed E-state index contributed by atoms with van der Waals surface area (Å²) >= 11 is 17.7. The van der Waals surface area contributed by atoms with Gasteiger partial charge in [-0.2, -0.15) is 0 Å². The third kappa shape index (κ3) is 3.00. The van der Waals surface area contributed by atoms with Gasteiger partial charge >= 0.3 is 0 Å². The molecule has 1 aromatic carbocycles. The van der Waals surface area contributed by atoms with Crippen molar-refractivity contribution in [3.8, 4) is 0 Å². The summed E-state index contributed by atoms with van der Waals surface area (Å²) in [7, 11) is 0. The van der Waals surface area contributed by atoms with Gasteiger partial charge in [0.15, 0.2) is 4.96 Å². The molecule has 0 atom stereocenters. The molecule has 0 spiro atoms. The molecule has 0 aliphatic heterocycles. The maximum Gasteiger partial charge on any atom is 0.193 e. The number of nitrogens with zero attached hydrogens (tertiary/aromatic N) is 2. The minimum Gasteiger partial charge on any atom is -0.297 e. The average molecular weight is 404 g/mol. The van der Waals surface area contributed by atoms with Crippen LogP contribution in [-0.2, 0) is 11.8 Å². The van der Waals surface area contributed by atoms with Gasteiger partial charge in [0.1, 0.15) is 0 Å². The van der Waals surface area contributed by atoms with E-state index in [1.54, 1.807) is 11.3 Å². The van der Waals surface area contributed by atoms with Crippen LogP contribution in [0.1, 0.15) is 11.3 Å². The Morgan fingerprint density at radius 3 is 2.76 bits per heavy atom. The number of thiazole rings is 1. The molecule has 3 aromatic rings. The lowest BCUT2D eigenvalue weighted by atomic mass is 9.80. The fourth-order valence-corrected chi connectivity index (χ4v) is 4.31. The molecular formula is C15H13BrCl2N2S. The van der Waals surface area contributed by atoms with E-state index >= 15 is 0 Å². The van der Waals surface area contributed by atoms with Crippen LogP contribution in [0.2, 0.25) is 0 Å². The first kappa shape index (κ1) is 15.3. The predicted octanol–water partition coefficient (Wildman–Crippen LogP) is 5.12. The topological polar surface area (TPSA) is 17.3 Å². The van der Waals surface area contributed by atoms with Crippen molar-refractivity contribution in [1.29, 1.82) is 0 Å². The molecular weight excluding hydrogens is 391 g/mol. The highest BCUT2D eigenvalue weighted by molar-refractivity contribution is 9.10. The Kier molecular flexibility index (Phi) is 4.60. The van der Waals surface area contributed by atoms with E-state index in [-0.39, 0.29) is 5.41 Å². The van der Waals surface area contributed by atoms with Gasteiger partial charge < -0.3 is 0 Å². The number of imidazole rings is 1. The number of rotatable bonds is 5. The van der Waals surface area contributed by atoms with E-state index < -0.39 is 0 Å². The van der Waals surface area contributed by atoms with Gasteiger partial charge in [0.25, 0.3) is 0 Å². The largest absolute Gasteiger partial charge is 0.297 e. The minimum absolute atomic E-state index is 0.309. The van der Waals surface area contributed by atoms with Gasteiger partial charge in [-0.3, -0.25) is 4.40 Å². The van der Waals surface area contributed by atoms with E-state index in [4.69, 9.17) is 23.2 Å². The smallest absolute Gasteiger partial charge is 0.193 e. The Morgan fingerprint density at radius 1 is 1.29 bits per heavy atom. The first-order chi connectivity index (χ1) is 10.2. The van der Waals surface area contributed by atoms with Gasteiger partial charge in [-0.1, -0.05) is 28.1 Å². The normalized spacial score (nSPS) is 12.1. The Labute approximate surface area is 145 Å². The summed E-state index contributed by atoms with van der Waals surface area (Å²) in [6.45, 7) is 0. The summed E-state index contributed by atoms with van der Waals surface area (Å²) in [5.41, 5.74) is 1.85. The SMILES string of the molecule is ClCC(CCl)(Cc1cn2ccsc2n1)c1cccc(Br)c1. The van der Waals surface area contributed by atoms with Crippen molar-refractivity contribution in [2.45, 2.75) is 11.8 Å². The second-order valence-corrected chi connectivity index (χ2v) is 7.38. The second-order valence-electron chi connectivity index (χ2n) is 5.06. The second kappa shape index (κ2) is 6.29. The summed E-state index contributed by atoms with van der Waals surface area (Å²) in [6, 6.07) is 8.18. The molecule has 0 unspecified atom stereocenters. The number of hydrogen-bond donors (Lipinski definition) is 0. The molecule has 0 radical (unpaired) electrons. The molecule has 0 aliphatic carbocycles. The van der Waals surface area contributed by atoms with Crippen LogP contribution in [0.4, 0.5) is 0 Å². The lowest BCUT2D eigenvalue weighted by molar-refractivity contribution is 0.530. The zero-order chi connectivity index (χ0) is 14.9. The van der Waals surface area contributed by atoms with Crippen molar-refractivity contribution < 1.29 is 0 Å². The summed E-state index contributed by atoms with van der Waals surface area (Å²) in [5, 5.41) is 2.02. The molecule has 110 valence electrons. The first-order valence-corrected chi connectivity index (χ1v) is 9.20. The van der Waals surface area contributed by atoms with Crippen LogP contribution >= 0.6 is 50.5 Å². The van der Waals surface area contributed by atoms with Crippen LogP contribution in [0.5, 0.6) is 0 Å². The Morgan fingerprint density at radius 2 is 2.10 bits per heavy atom. The molecule has 0 N–H and O–H groups in total. The number of fused-ring (bicyclic) bond motifs is 1. The molecule has 2 nitrogen and oxygen atoms in total. The zero-order valence-electron chi connectivity index (χ0n) is 11.1.